The average Bonchev–Trinajstić information content (AvgIpc) is 2.97. The second-order valence-corrected chi connectivity index (χ2v) is 6.36. The number of benzene rings is 2. The summed E-state index contributed by atoms with van der Waals surface area (Å²) in [6.07, 6.45) is 1.81. The summed E-state index contributed by atoms with van der Waals surface area (Å²) in [7, 11) is 0. The van der Waals surface area contributed by atoms with Crippen molar-refractivity contribution >= 4 is 27.4 Å². The fourth-order valence-corrected chi connectivity index (χ4v) is 3.18. The molecule has 25 heavy (non-hydrogen) atoms. The smallest absolute Gasteiger partial charge is 0.172 e. The highest BCUT2D eigenvalue weighted by Crippen LogP contribution is 2.32. The monoisotopic (exact) mass is 396 g/mol. The summed E-state index contributed by atoms with van der Waals surface area (Å²) in [6.45, 7) is 0.677. The van der Waals surface area contributed by atoms with Gasteiger partial charge in [-0.15, -0.1) is 0 Å². The molecule has 0 amide bonds. The Morgan fingerprint density at radius 2 is 1.76 bits per heavy atom. The highest BCUT2D eigenvalue weighted by molar-refractivity contribution is 9.10. The number of fused-ring (bicyclic) bond motifs is 1. The first kappa shape index (κ1) is 15.8. The van der Waals surface area contributed by atoms with Gasteiger partial charge in [0, 0.05) is 18.3 Å². The van der Waals surface area contributed by atoms with Gasteiger partial charge in [0.1, 0.15) is 17.3 Å². The highest BCUT2D eigenvalue weighted by atomic mass is 79.9. The Kier molecular flexibility index (Phi) is 4.19. The Bertz CT molecular complexity index is 1030. The van der Waals surface area contributed by atoms with Gasteiger partial charge in [-0.2, -0.15) is 5.10 Å². The maximum Gasteiger partial charge on any atom is 0.172 e. The first-order valence-electron chi connectivity index (χ1n) is 7.80. The molecular weight excluding hydrogens is 383 g/mol. The Morgan fingerprint density at radius 3 is 2.56 bits per heavy atom. The van der Waals surface area contributed by atoms with Gasteiger partial charge in [0.05, 0.1) is 4.47 Å². The van der Waals surface area contributed by atoms with Crippen molar-refractivity contribution < 1.29 is 4.39 Å². The molecule has 0 aliphatic rings. The summed E-state index contributed by atoms with van der Waals surface area (Å²) < 4.78 is 16.4. The molecule has 124 valence electrons. The molecule has 0 spiro atoms. The van der Waals surface area contributed by atoms with Gasteiger partial charge in [0.25, 0.3) is 0 Å². The molecule has 4 aromatic rings. The second kappa shape index (κ2) is 6.64. The van der Waals surface area contributed by atoms with E-state index in [4.69, 9.17) is 0 Å². The SMILES string of the molecule is Fc1ccccc1-c1nn2ccc(NCc3ccccc3)nc2c1Br. The molecule has 2 aromatic heterocycles. The fourth-order valence-electron chi connectivity index (χ4n) is 2.61. The lowest BCUT2D eigenvalue weighted by Gasteiger charge is -2.05. The topological polar surface area (TPSA) is 42.2 Å². The first-order valence-corrected chi connectivity index (χ1v) is 8.59. The third-order valence-corrected chi connectivity index (χ3v) is 4.60. The van der Waals surface area contributed by atoms with Crippen LogP contribution in [0.5, 0.6) is 0 Å². The number of nitrogens with one attached hydrogen (secondary N) is 1. The van der Waals surface area contributed by atoms with Crippen LogP contribution < -0.4 is 5.32 Å². The molecule has 0 aliphatic heterocycles. The molecule has 6 heteroatoms. The van der Waals surface area contributed by atoms with Crippen LogP contribution in [-0.4, -0.2) is 14.6 Å². The van der Waals surface area contributed by atoms with Gasteiger partial charge in [-0.1, -0.05) is 42.5 Å². The molecule has 0 aliphatic carbocycles. The van der Waals surface area contributed by atoms with Crippen LogP contribution in [0.2, 0.25) is 0 Å². The molecule has 0 atom stereocenters. The van der Waals surface area contributed by atoms with Gasteiger partial charge in [-0.05, 0) is 39.7 Å². The standard InChI is InChI=1S/C19H14BrFN4/c20-17-18(14-8-4-5-9-15(14)21)24-25-11-10-16(23-19(17)25)22-12-13-6-2-1-3-7-13/h1-11H,12H2,(H,22,23). The Balaban J connectivity index is 1.67. The van der Waals surface area contributed by atoms with E-state index < -0.39 is 0 Å². The lowest BCUT2D eigenvalue weighted by atomic mass is 10.1. The van der Waals surface area contributed by atoms with Crippen molar-refractivity contribution in [2.75, 3.05) is 5.32 Å². The van der Waals surface area contributed by atoms with E-state index in [0.717, 1.165) is 5.82 Å². The van der Waals surface area contributed by atoms with Crippen LogP contribution in [0.3, 0.4) is 0 Å². The normalized spacial score (nSPS) is 11.0. The number of hydrogen-bond donors (Lipinski definition) is 1. The average molecular weight is 397 g/mol. The third kappa shape index (κ3) is 3.13. The highest BCUT2D eigenvalue weighted by Gasteiger charge is 2.16. The van der Waals surface area contributed by atoms with Crippen LogP contribution in [-0.2, 0) is 6.54 Å². The summed E-state index contributed by atoms with van der Waals surface area (Å²) in [4.78, 5) is 4.59. The van der Waals surface area contributed by atoms with Crippen LogP contribution in [0.25, 0.3) is 16.9 Å². The maximum absolute atomic E-state index is 14.1. The molecule has 2 heterocycles. The van der Waals surface area contributed by atoms with Crippen LogP contribution in [0.4, 0.5) is 10.2 Å². The minimum Gasteiger partial charge on any atom is -0.366 e. The number of rotatable bonds is 4. The van der Waals surface area contributed by atoms with Crippen molar-refractivity contribution in [2.24, 2.45) is 0 Å². The maximum atomic E-state index is 14.1. The zero-order valence-electron chi connectivity index (χ0n) is 13.2. The van der Waals surface area contributed by atoms with Crippen LogP contribution in [0.1, 0.15) is 5.56 Å². The Labute approximate surface area is 152 Å². The summed E-state index contributed by atoms with van der Waals surface area (Å²) in [5.41, 5.74) is 2.78. The van der Waals surface area contributed by atoms with Gasteiger partial charge in [0.2, 0.25) is 0 Å². The predicted molar refractivity (Wildman–Crippen MR) is 99.8 cm³/mol. The van der Waals surface area contributed by atoms with E-state index in [9.17, 15) is 4.39 Å². The summed E-state index contributed by atoms with van der Waals surface area (Å²) in [6, 6.07) is 18.5. The van der Waals surface area contributed by atoms with E-state index in [2.05, 4.69) is 43.5 Å². The van der Waals surface area contributed by atoms with Crippen LogP contribution >= 0.6 is 15.9 Å². The molecule has 0 radical (unpaired) electrons. The van der Waals surface area contributed by atoms with Gasteiger partial charge in [-0.25, -0.2) is 13.9 Å². The zero-order valence-corrected chi connectivity index (χ0v) is 14.7. The molecule has 4 nitrogen and oxygen atoms in total. The van der Waals surface area contributed by atoms with Crippen molar-refractivity contribution in [3.05, 3.63) is 82.7 Å². The van der Waals surface area contributed by atoms with Gasteiger partial charge in [-0.3, -0.25) is 0 Å². The number of aromatic nitrogens is 3. The minimum atomic E-state index is -0.311. The van der Waals surface area contributed by atoms with Crippen LogP contribution in [0, 0.1) is 5.82 Å². The summed E-state index contributed by atoms with van der Waals surface area (Å²) in [5.74, 6) is 0.422. The van der Waals surface area contributed by atoms with E-state index in [1.807, 2.05) is 30.5 Å². The van der Waals surface area contributed by atoms with Crippen LogP contribution in [0.15, 0.2) is 71.3 Å². The van der Waals surface area contributed by atoms with E-state index in [1.165, 1.54) is 11.6 Å². The molecule has 0 fully saturated rings. The van der Waals surface area contributed by atoms with Crippen molar-refractivity contribution in [1.29, 1.82) is 0 Å². The van der Waals surface area contributed by atoms with E-state index >= 15 is 0 Å². The number of halogens is 2. The molecule has 1 N–H and O–H groups in total. The fraction of sp³-hybridized carbons (Fsp3) is 0.0526. The molecule has 4 rings (SSSR count). The lowest BCUT2D eigenvalue weighted by Crippen LogP contribution is -2.02. The van der Waals surface area contributed by atoms with Crippen molar-refractivity contribution in [1.82, 2.24) is 14.6 Å². The largest absolute Gasteiger partial charge is 0.366 e. The van der Waals surface area contributed by atoms with Gasteiger partial charge < -0.3 is 5.32 Å². The molecule has 0 unspecified atom stereocenters. The summed E-state index contributed by atoms with van der Waals surface area (Å²) in [5, 5.41) is 7.74. The molecular formula is C19H14BrFN4. The zero-order chi connectivity index (χ0) is 17.2. The number of nitrogens with zero attached hydrogens (tertiary/aromatic N) is 3. The lowest BCUT2D eigenvalue weighted by molar-refractivity contribution is 0.630. The Hall–Kier alpha value is -2.73. The minimum absolute atomic E-state index is 0.311. The first-order chi connectivity index (χ1) is 12.2. The van der Waals surface area contributed by atoms with Gasteiger partial charge in [0.15, 0.2) is 5.65 Å². The van der Waals surface area contributed by atoms with Crippen molar-refractivity contribution in [2.45, 2.75) is 6.54 Å². The quantitative estimate of drug-likeness (QED) is 0.532. The van der Waals surface area contributed by atoms with E-state index in [-0.39, 0.29) is 5.82 Å². The number of anilines is 1. The second-order valence-electron chi connectivity index (χ2n) is 5.56. The molecule has 2 aromatic carbocycles. The number of hydrogen-bond acceptors (Lipinski definition) is 3. The van der Waals surface area contributed by atoms with Gasteiger partial charge >= 0.3 is 0 Å². The predicted octanol–water partition coefficient (Wildman–Crippen LogP) is 4.91. The molecule has 0 saturated carbocycles. The molecule has 0 saturated heterocycles. The molecule has 0 bridgehead atoms. The Morgan fingerprint density at radius 1 is 1.00 bits per heavy atom. The van der Waals surface area contributed by atoms with E-state index in [0.29, 0.717) is 27.9 Å². The summed E-state index contributed by atoms with van der Waals surface area (Å²) >= 11 is 3.51. The van der Waals surface area contributed by atoms with E-state index in [1.54, 1.807) is 22.7 Å². The third-order valence-electron chi connectivity index (χ3n) is 3.87. The van der Waals surface area contributed by atoms with Crippen molar-refractivity contribution in [3.63, 3.8) is 0 Å². The van der Waals surface area contributed by atoms with Crippen molar-refractivity contribution in [3.8, 4) is 11.3 Å².